The zero-order valence-corrected chi connectivity index (χ0v) is 31.9. The number of nitrogens with one attached hydrogen (secondary N) is 1. The molecule has 2 aliphatic rings. The lowest BCUT2D eigenvalue weighted by molar-refractivity contribution is -0.138. The average Bonchev–Trinajstić information content (AvgIpc) is 3.15. The number of hydrogen-bond acceptors (Lipinski definition) is 8. The van der Waals surface area contributed by atoms with Crippen molar-refractivity contribution in [1.29, 1.82) is 0 Å². The lowest BCUT2D eigenvalue weighted by atomic mass is 10.1. The van der Waals surface area contributed by atoms with Crippen molar-refractivity contribution in [3.63, 3.8) is 0 Å². The van der Waals surface area contributed by atoms with Crippen molar-refractivity contribution in [1.82, 2.24) is 9.55 Å². The molecule has 0 radical (unpaired) electrons. The van der Waals surface area contributed by atoms with Crippen LogP contribution in [0, 0.1) is 0 Å². The van der Waals surface area contributed by atoms with Gasteiger partial charge in [0.15, 0.2) is 16.6 Å². The van der Waals surface area contributed by atoms with Gasteiger partial charge in [-0.2, -0.15) is 13.8 Å². The van der Waals surface area contributed by atoms with Crippen LogP contribution in [-0.4, -0.2) is 57.5 Å². The number of nitrogens with zero attached hydrogens (tertiary/aromatic N) is 2. The lowest BCUT2D eigenvalue weighted by Crippen LogP contribution is -2.53. The van der Waals surface area contributed by atoms with Crippen LogP contribution in [0.2, 0.25) is 41.3 Å². The van der Waals surface area contributed by atoms with Gasteiger partial charge >= 0.3 is 19.4 Å². The van der Waals surface area contributed by atoms with E-state index in [1.54, 1.807) is 24.3 Å². The summed E-state index contributed by atoms with van der Waals surface area (Å²) in [6.45, 7) is 19.9. The fourth-order valence-electron chi connectivity index (χ4n) is 4.57. The molecule has 0 spiro atoms. The van der Waals surface area contributed by atoms with Crippen LogP contribution in [0.1, 0.15) is 65.9 Å². The van der Waals surface area contributed by atoms with Gasteiger partial charge in [0.1, 0.15) is 18.0 Å². The second-order valence-electron chi connectivity index (χ2n) is 15.0. The van der Waals surface area contributed by atoms with Gasteiger partial charge in [-0.25, -0.2) is 9.36 Å². The smallest absolute Gasteiger partial charge is 0.414 e. The van der Waals surface area contributed by atoms with Gasteiger partial charge in [0.05, 0.1) is 19.3 Å². The molecule has 0 saturated carbocycles. The van der Waals surface area contributed by atoms with E-state index in [1.807, 2.05) is 47.0 Å². The fourth-order valence-corrected chi connectivity index (χ4v) is 8.57. The zero-order valence-electron chi connectivity index (χ0n) is 28.2. The average molecular weight is 722 g/mol. The van der Waals surface area contributed by atoms with Crippen molar-refractivity contribution in [2.75, 3.05) is 18.3 Å². The molecule has 2 saturated heterocycles. The second kappa shape index (κ2) is 13.1. The number of aromatic nitrogens is 2. The number of ether oxygens (including phenoxy) is 1. The largest absolute Gasteiger partial charge is 0.434 e. The molecule has 4 rings (SSSR count). The van der Waals surface area contributed by atoms with Gasteiger partial charge in [-0.1, -0.05) is 65.3 Å². The van der Waals surface area contributed by atoms with Crippen molar-refractivity contribution in [3.05, 3.63) is 57.6 Å². The molecule has 0 aliphatic carbocycles. The number of anilines is 1. The number of alkyl halides is 2. The minimum atomic E-state index is -3.97. The van der Waals surface area contributed by atoms with Crippen molar-refractivity contribution < 1.29 is 36.0 Å². The number of halogens is 3. The zero-order chi connectivity index (χ0) is 34.5. The van der Waals surface area contributed by atoms with Crippen LogP contribution in [0.15, 0.2) is 41.3 Å². The molecule has 0 bridgehead atoms. The Hall–Kier alpha value is -1.49. The maximum absolute atomic E-state index is 16.4. The first-order valence-corrected chi connectivity index (χ1v) is 23.1. The Bertz CT molecular complexity index is 1520. The van der Waals surface area contributed by atoms with E-state index in [9.17, 15) is 9.36 Å². The highest BCUT2D eigenvalue weighted by atomic mass is 35.5. The third-order valence-corrected chi connectivity index (χ3v) is 20.2. The Balaban J connectivity index is 1.59. The summed E-state index contributed by atoms with van der Waals surface area (Å²) in [5.41, 5.74) is -0.329. The first-order chi connectivity index (χ1) is 21.0. The molecule has 2 fully saturated rings. The highest BCUT2D eigenvalue weighted by Crippen LogP contribution is 2.55. The fraction of sp³-hybridized carbons (Fsp3) is 0.667. The van der Waals surface area contributed by atoms with E-state index in [4.69, 9.17) is 34.2 Å². The van der Waals surface area contributed by atoms with Crippen LogP contribution < -0.4 is 10.8 Å². The molecule has 10 nitrogen and oxygen atoms in total. The summed E-state index contributed by atoms with van der Waals surface area (Å²) in [5.74, 6) is -3.77. The topological polar surface area (TPSA) is 110 Å². The Morgan fingerprint density at radius 1 is 1.11 bits per heavy atom. The lowest BCUT2D eigenvalue weighted by Gasteiger charge is -2.41. The van der Waals surface area contributed by atoms with Gasteiger partial charge in [-0.3, -0.25) is 18.7 Å². The molecule has 1 aromatic carbocycles. The van der Waals surface area contributed by atoms with Crippen molar-refractivity contribution in [2.24, 2.45) is 0 Å². The van der Waals surface area contributed by atoms with Gasteiger partial charge in [0.2, 0.25) is 6.23 Å². The number of hydrogen-bond donors (Lipinski definition) is 1. The predicted octanol–water partition coefficient (Wildman–Crippen LogP) is 8.54. The van der Waals surface area contributed by atoms with Crippen LogP contribution >= 0.6 is 19.3 Å². The first kappa shape index (κ1) is 37.3. The molecule has 46 heavy (non-hydrogen) atoms. The first-order valence-electron chi connectivity index (χ1n) is 15.4. The summed E-state index contributed by atoms with van der Waals surface area (Å²) in [5, 5.41) is 2.54. The summed E-state index contributed by atoms with van der Waals surface area (Å²) in [4.78, 5) is 17.1. The Labute approximate surface area is 277 Å². The van der Waals surface area contributed by atoms with Crippen LogP contribution in [-0.2, 0) is 27.2 Å². The Morgan fingerprint density at radius 2 is 1.76 bits per heavy atom. The van der Waals surface area contributed by atoms with Gasteiger partial charge in [0, 0.05) is 17.6 Å². The minimum absolute atomic E-state index is 0.106. The molecule has 3 heterocycles. The van der Waals surface area contributed by atoms with E-state index >= 15 is 8.78 Å². The molecule has 1 N–H and O–H groups in total. The molecule has 5 atom stereocenters. The SMILES string of the molecule is CC(C)(C)[Si](C)(C)OC[C@H]1O[C@@H](n2ccc(NP3(=O)OCC[C@@H](c4cccc(Cl)c4)O3)nc2=O)C(F)(F)C1O[Si](C)(C)C(C)(C)C. The summed E-state index contributed by atoms with van der Waals surface area (Å²) in [6.07, 6.45) is -3.84. The monoisotopic (exact) mass is 721 g/mol. The van der Waals surface area contributed by atoms with E-state index in [-0.39, 0.29) is 29.1 Å². The Morgan fingerprint density at radius 3 is 2.35 bits per heavy atom. The quantitative estimate of drug-likeness (QED) is 0.201. The van der Waals surface area contributed by atoms with Crippen molar-refractivity contribution in [2.45, 2.75) is 115 Å². The van der Waals surface area contributed by atoms with E-state index < -0.39 is 60.5 Å². The van der Waals surface area contributed by atoms with Crippen LogP contribution in [0.25, 0.3) is 0 Å². The van der Waals surface area contributed by atoms with Crippen LogP contribution in [0.5, 0.6) is 0 Å². The van der Waals surface area contributed by atoms with Gasteiger partial charge in [-0.15, -0.1) is 0 Å². The van der Waals surface area contributed by atoms with Gasteiger partial charge < -0.3 is 13.6 Å². The van der Waals surface area contributed by atoms with Gasteiger partial charge in [-0.05, 0) is 60.0 Å². The molecule has 0 amide bonds. The molecule has 258 valence electrons. The van der Waals surface area contributed by atoms with Crippen molar-refractivity contribution >= 4 is 41.8 Å². The molecule has 2 unspecified atom stereocenters. The minimum Gasteiger partial charge on any atom is -0.414 e. The second-order valence-corrected chi connectivity index (χ2v) is 26.6. The molecule has 1 aromatic heterocycles. The summed E-state index contributed by atoms with van der Waals surface area (Å²) >= 11 is 6.10. The predicted molar refractivity (Wildman–Crippen MR) is 180 cm³/mol. The Kier molecular flexibility index (Phi) is 10.6. The molecule has 2 aromatic rings. The van der Waals surface area contributed by atoms with E-state index in [0.717, 1.165) is 10.8 Å². The van der Waals surface area contributed by atoms with Crippen LogP contribution in [0.4, 0.5) is 14.6 Å². The molecular formula is C30H47ClF2N3O7PSi2. The van der Waals surface area contributed by atoms with E-state index in [1.165, 1.54) is 6.07 Å². The number of rotatable bonds is 9. The highest BCUT2D eigenvalue weighted by molar-refractivity contribution is 7.55. The maximum atomic E-state index is 16.4. The third kappa shape index (κ3) is 8.03. The summed E-state index contributed by atoms with van der Waals surface area (Å²) in [6, 6.07) is 8.21. The van der Waals surface area contributed by atoms with Gasteiger partial charge in [0.25, 0.3) is 0 Å². The summed E-state index contributed by atoms with van der Waals surface area (Å²) < 4.78 is 76.6. The molecule has 2 aliphatic heterocycles. The highest BCUT2D eigenvalue weighted by Gasteiger charge is 2.63. The number of benzene rings is 1. The standard InChI is InChI=1S/C30H47ClF2N3O7PSi2/c1-28(2,3)45(7,8)40-19-23-25(43-46(9,10)29(4,5)6)30(32,33)26(41-23)36-16-14-24(34-27(36)37)35-44(38)39-17-15-22(42-44)20-12-11-13-21(31)18-20/h11-14,16,18,22-23,25-26H,15,17,19H2,1-10H3,(H,34,35,37,38)/t22-,23+,25?,26+,44?/m0/s1. The van der Waals surface area contributed by atoms with E-state index in [2.05, 4.69) is 30.8 Å². The molecular weight excluding hydrogens is 675 g/mol. The van der Waals surface area contributed by atoms with Crippen molar-refractivity contribution in [3.8, 4) is 0 Å². The third-order valence-electron chi connectivity index (χ3n) is 9.45. The maximum Gasteiger partial charge on any atom is 0.434 e. The van der Waals surface area contributed by atoms with Crippen LogP contribution in [0.3, 0.4) is 0 Å². The molecule has 16 heteroatoms. The summed E-state index contributed by atoms with van der Waals surface area (Å²) in [7, 11) is -9.02. The van der Waals surface area contributed by atoms with E-state index in [0.29, 0.717) is 17.0 Å². The normalized spacial score (nSPS) is 27.5.